The van der Waals surface area contributed by atoms with Gasteiger partial charge < -0.3 is 11.1 Å². The molecule has 6 nitrogen and oxygen atoms in total. The summed E-state index contributed by atoms with van der Waals surface area (Å²) in [5.74, 6) is -0.484. The molecule has 0 aromatic heterocycles. The molecule has 0 saturated heterocycles. The van der Waals surface area contributed by atoms with Crippen LogP contribution in [-0.2, 0) is 0 Å². The van der Waals surface area contributed by atoms with Crippen molar-refractivity contribution in [2.45, 2.75) is 19.4 Å². The smallest absolute Gasteiger partial charge is 0.270 e. The van der Waals surface area contributed by atoms with Crippen molar-refractivity contribution in [1.29, 1.82) is 0 Å². The molecule has 18 heavy (non-hydrogen) atoms. The van der Waals surface area contributed by atoms with Crippen molar-refractivity contribution in [2.75, 3.05) is 6.54 Å². The molecular formula is C11H14ClN3O3. The fraction of sp³-hybridized carbons (Fsp3) is 0.364. The summed E-state index contributed by atoms with van der Waals surface area (Å²) in [6.07, 6.45) is 0. The summed E-state index contributed by atoms with van der Waals surface area (Å²) in [6, 6.07) is 3.70. The number of nitro benzene ring substituents is 1. The SMILES string of the molecule is CC(C)(N)CNC(=O)c1cc([N+](=O)[O-])ccc1Cl. The molecule has 98 valence electrons. The number of halogens is 1. The second-order valence-electron chi connectivity index (χ2n) is 4.59. The maximum atomic E-state index is 11.8. The van der Waals surface area contributed by atoms with Gasteiger partial charge in [-0.05, 0) is 19.9 Å². The first-order valence-corrected chi connectivity index (χ1v) is 5.59. The number of nitrogens with two attached hydrogens (primary N) is 1. The van der Waals surface area contributed by atoms with Crippen molar-refractivity contribution in [3.63, 3.8) is 0 Å². The van der Waals surface area contributed by atoms with Crippen molar-refractivity contribution in [2.24, 2.45) is 5.73 Å². The number of benzene rings is 1. The van der Waals surface area contributed by atoms with E-state index in [1.165, 1.54) is 12.1 Å². The lowest BCUT2D eigenvalue weighted by Crippen LogP contribution is -2.45. The highest BCUT2D eigenvalue weighted by Gasteiger charge is 2.18. The first kappa shape index (κ1) is 14.4. The Morgan fingerprint density at radius 2 is 2.17 bits per heavy atom. The molecule has 1 amide bonds. The normalized spacial score (nSPS) is 11.1. The highest BCUT2D eigenvalue weighted by Crippen LogP contribution is 2.21. The monoisotopic (exact) mass is 271 g/mol. The lowest BCUT2D eigenvalue weighted by molar-refractivity contribution is -0.384. The molecule has 1 rings (SSSR count). The Kier molecular flexibility index (Phi) is 4.26. The first-order chi connectivity index (χ1) is 8.20. The van der Waals surface area contributed by atoms with Crippen LogP contribution in [0.2, 0.25) is 5.02 Å². The lowest BCUT2D eigenvalue weighted by Gasteiger charge is -2.19. The third kappa shape index (κ3) is 3.97. The van der Waals surface area contributed by atoms with Gasteiger partial charge in [0.2, 0.25) is 0 Å². The van der Waals surface area contributed by atoms with E-state index in [0.29, 0.717) is 0 Å². The molecule has 0 spiro atoms. The van der Waals surface area contributed by atoms with Crippen molar-refractivity contribution in [3.8, 4) is 0 Å². The molecule has 0 aliphatic rings. The number of carbonyl (C=O) groups excluding carboxylic acids is 1. The number of hydrogen-bond acceptors (Lipinski definition) is 4. The van der Waals surface area contributed by atoms with Crippen LogP contribution in [0.4, 0.5) is 5.69 Å². The van der Waals surface area contributed by atoms with Crippen LogP contribution in [0.25, 0.3) is 0 Å². The Labute approximate surface area is 109 Å². The molecule has 1 aromatic rings. The molecule has 0 atom stereocenters. The summed E-state index contributed by atoms with van der Waals surface area (Å²) < 4.78 is 0. The van der Waals surface area contributed by atoms with Crippen molar-refractivity contribution >= 4 is 23.2 Å². The maximum absolute atomic E-state index is 11.8. The van der Waals surface area contributed by atoms with Crippen LogP contribution in [0.3, 0.4) is 0 Å². The van der Waals surface area contributed by atoms with Crippen molar-refractivity contribution in [3.05, 3.63) is 38.9 Å². The van der Waals surface area contributed by atoms with Gasteiger partial charge in [0.05, 0.1) is 15.5 Å². The largest absolute Gasteiger partial charge is 0.350 e. The van der Waals surface area contributed by atoms with E-state index in [-0.39, 0.29) is 22.8 Å². The van der Waals surface area contributed by atoms with Gasteiger partial charge in [-0.1, -0.05) is 11.6 Å². The Morgan fingerprint density at radius 3 is 2.67 bits per heavy atom. The molecule has 0 unspecified atom stereocenters. The number of nitro groups is 1. The fourth-order valence-electron chi connectivity index (χ4n) is 1.20. The van der Waals surface area contributed by atoms with E-state index in [0.717, 1.165) is 6.07 Å². The van der Waals surface area contributed by atoms with Gasteiger partial charge in [-0.3, -0.25) is 14.9 Å². The Bertz CT molecular complexity index is 483. The van der Waals surface area contributed by atoms with Gasteiger partial charge in [0.25, 0.3) is 11.6 Å². The van der Waals surface area contributed by atoms with Gasteiger partial charge in [-0.25, -0.2) is 0 Å². The summed E-state index contributed by atoms with van der Waals surface area (Å²) in [5.41, 5.74) is 5.04. The minimum Gasteiger partial charge on any atom is -0.350 e. The average Bonchev–Trinajstić information content (AvgIpc) is 2.25. The Hall–Kier alpha value is -1.66. The Morgan fingerprint density at radius 1 is 1.56 bits per heavy atom. The van der Waals surface area contributed by atoms with Crippen LogP contribution in [0.1, 0.15) is 24.2 Å². The second kappa shape index (κ2) is 5.32. The molecule has 7 heteroatoms. The predicted molar refractivity (Wildman–Crippen MR) is 68.7 cm³/mol. The number of hydrogen-bond donors (Lipinski definition) is 2. The van der Waals surface area contributed by atoms with Crippen LogP contribution in [0.5, 0.6) is 0 Å². The number of nitrogens with one attached hydrogen (secondary N) is 1. The van der Waals surface area contributed by atoms with E-state index >= 15 is 0 Å². The highest BCUT2D eigenvalue weighted by atomic mass is 35.5. The molecule has 0 saturated carbocycles. The van der Waals surface area contributed by atoms with Gasteiger partial charge in [0, 0.05) is 24.2 Å². The zero-order valence-electron chi connectivity index (χ0n) is 10.1. The van der Waals surface area contributed by atoms with Crippen LogP contribution in [0.15, 0.2) is 18.2 Å². The minimum absolute atomic E-state index is 0.0649. The van der Waals surface area contributed by atoms with Gasteiger partial charge in [-0.2, -0.15) is 0 Å². The molecular weight excluding hydrogens is 258 g/mol. The van der Waals surface area contributed by atoms with Crippen molar-refractivity contribution < 1.29 is 9.72 Å². The van der Waals surface area contributed by atoms with Crippen LogP contribution >= 0.6 is 11.6 Å². The number of carbonyl (C=O) groups is 1. The number of nitrogens with zero attached hydrogens (tertiary/aromatic N) is 1. The quantitative estimate of drug-likeness (QED) is 0.643. The summed E-state index contributed by atoms with van der Waals surface area (Å²) in [6.45, 7) is 3.75. The summed E-state index contributed by atoms with van der Waals surface area (Å²) in [5, 5.41) is 13.3. The summed E-state index contributed by atoms with van der Waals surface area (Å²) in [4.78, 5) is 21.8. The van der Waals surface area contributed by atoms with Gasteiger partial charge in [-0.15, -0.1) is 0 Å². The van der Waals surface area contributed by atoms with E-state index in [9.17, 15) is 14.9 Å². The van der Waals surface area contributed by atoms with E-state index < -0.39 is 16.4 Å². The third-order valence-electron chi connectivity index (χ3n) is 2.11. The van der Waals surface area contributed by atoms with E-state index in [2.05, 4.69) is 5.32 Å². The predicted octanol–water partition coefficient (Wildman–Crippen LogP) is 1.72. The molecule has 0 aliphatic heterocycles. The number of non-ortho nitro benzene ring substituents is 1. The summed E-state index contributed by atoms with van der Waals surface area (Å²) >= 11 is 5.83. The maximum Gasteiger partial charge on any atom is 0.270 e. The zero-order valence-corrected chi connectivity index (χ0v) is 10.8. The number of amides is 1. The molecule has 0 fully saturated rings. The Balaban J connectivity index is 2.91. The zero-order chi connectivity index (χ0) is 13.9. The number of rotatable bonds is 4. The molecule has 0 aliphatic carbocycles. The highest BCUT2D eigenvalue weighted by molar-refractivity contribution is 6.33. The van der Waals surface area contributed by atoms with Gasteiger partial charge in [0.1, 0.15) is 0 Å². The molecule has 1 aromatic carbocycles. The van der Waals surface area contributed by atoms with Crippen LogP contribution < -0.4 is 11.1 Å². The van der Waals surface area contributed by atoms with E-state index in [4.69, 9.17) is 17.3 Å². The minimum atomic E-state index is -0.583. The van der Waals surface area contributed by atoms with Gasteiger partial charge >= 0.3 is 0 Å². The fourth-order valence-corrected chi connectivity index (χ4v) is 1.41. The van der Waals surface area contributed by atoms with E-state index in [1.807, 2.05) is 0 Å². The first-order valence-electron chi connectivity index (χ1n) is 5.22. The van der Waals surface area contributed by atoms with Gasteiger partial charge in [0.15, 0.2) is 0 Å². The topological polar surface area (TPSA) is 98.3 Å². The van der Waals surface area contributed by atoms with Crippen molar-refractivity contribution in [1.82, 2.24) is 5.32 Å². The molecule has 0 heterocycles. The third-order valence-corrected chi connectivity index (χ3v) is 2.44. The van der Waals surface area contributed by atoms with E-state index in [1.54, 1.807) is 13.8 Å². The molecule has 0 radical (unpaired) electrons. The lowest BCUT2D eigenvalue weighted by atomic mass is 10.1. The van der Waals surface area contributed by atoms with Crippen LogP contribution in [-0.4, -0.2) is 22.9 Å². The molecule has 0 bridgehead atoms. The average molecular weight is 272 g/mol. The summed E-state index contributed by atoms with van der Waals surface area (Å²) in [7, 11) is 0. The standard InChI is InChI=1S/C11H14ClN3O3/c1-11(2,13)6-14-10(16)8-5-7(15(17)18)3-4-9(8)12/h3-5H,6,13H2,1-2H3,(H,14,16). The van der Waals surface area contributed by atoms with Crippen LogP contribution in [0, 0.1) is 10.1 Å². The molecule has 3 N–H and O–H groups in total. The second-order valence-corrected chi connectivity index (χ2v) is 5.00.